The Bertz CT molecular complexity index is 1230. The highest BCUT2D eigenvalue weighted by molar-refractivity contribution is 5.87. The first-order valence-corrected chi connectivity index (χ1v) is 10.8. The molecule has 0 bridgehead atoms. The number of furan rings is 1. The van der Waals surface area contributed by atoms with Gasteiger partial charge in [-0.25, -0.2) is 4.98 Å². The van der Waals surface area contributed by atoms with E-state index in [0.717, 1.165) is 84.8 Å². The molecule has 160 valence electrons. The second kappa shape index (κ2) is 7.21. The summed E-state index contributed by atoms with van der Waals surface area (Å²) >= 11 is 0. The number of H-pyrrole nitrogens is 1. The predicted molar refractivity (Wildman–Crippen MR) is 119 cm³/mol. The zero-order valence-electron chi connectivity index (χ0n) is 17.4. The molecule has 6 rings (SSSR count). The lowest BCUT2D eigenvalue weighted by atomic mass is 9.90. The van der Waals surface area contributed by atoms with Crippen LogP contribution in [0, 0.1) is 6.92 Å². The summed E-state index contributed by atoms with van der Waals surface area (Å²) in [7, 11) is 0. The predicted octanol–water partition coefficient (Wildman–Crippen LogP) is 3.11. The Morgan fingerprint density at radius 1 is 1.16 bits per heavy atom. The lowest BCUT2D eigenvalue weighted by molar-refractivity contribution is -0.0800. The number of benzene rings is 1. The van der Waals surface area contributed by atoms with Crippen LogP contribution in [0.1, 0.15) is 18.5 Å². The minimum Gasteiger partial charge on any atom is -0.459 e. The van der Waals surface area contributed by atoms with E-state index < -0.39 is 0 Å². The Kier molecular flexibility index (Phi) is 4.32. The van der Waals surface area contributed by atoms with Crippen LogP contribution in [0.2, 0.25) is 0 Å². The van der Waals surface area contributed by atoms with Gasteiger partial charge in [0.1, 0.15) is 5.52 Å². The fourth-order valence-corrected chi connectivity index (χ4v) is 4.64. The number of aryl methyl sites for hydroxylation is 1. The number of anilines is 3. The van der Waals surface area contributed by atoms with Gasteiger partial charge in [-0.1, -0.05) is 0 Å². The zero-order chi connectivity index (χ0) is 20.8. The topological polar surface area (TPSA) is 104 Å². The van der Waals surface area contributed by atoms with E-state index in [9.17, 15) is 0 Å². The molecule has 0 amide bonds. The van der Waals surface area contributed by atoms with Crippen LogP contribution in [-0.4, -0.2) is 58.6 Å². The maximum absolute atomic E-state index is 6.14. The van der Waals surface area contributed by atoms with Crippen LogP contribution in [0.5, 0.6) is 0 Å². The monoisotopic (exact) mass is 419 g/mol. The average molecular weight is 419 g/mol. The molecule has 2 fully saturated rings. The number of nitrogens with zero attached hydrogens (tertiary/aromatic N) is 4. The van der Waals surface area contributed by atoms with Gasteiger partial charge in [0.15, 0.2) is 11.4 Å². The lowest BCUT2D eigenvalue weighted by Crippen LogP contribution is -2.55. The molecule has 2 saturated heterocycles. The molecule has 4 aromatic rings. The molecule has 9 heteroatoms. The number of morpholine rings is 1. The number of nitrogens with one attached hydrogen (secondary N) is 3. The number of hydrogen-bond acceptors (Lipinski definition) is 8. The third-order valence-electron chi connectivity index (χ3n) is 6.40. The summed E-state index contributed by atoms with van der Waals surface area (Å²) in [6.45, 7) is 6.36. The summed E-state index contributed by atoms with van der Waals surface area (Å²) in [5.41, 5.74) is 4.34. The number of hydrogen-bond donors (Lipinski definition) is 3. The summed E-state index contributed by atoms with van der Waals surface area (Å²) in [5, 5.41) is 15.3. The van der Waals surface area contributed by atoms with Crippen molar-refractivity contribution in [2.75, 3.05) is 43.0 Å². The Hall–Kier alpha value is -3.17. The van der Waals surface area contributed by atoms with Crippen molar-refractivity contribution >= 4 is 39.5 Å². The molecule has 3 N–H and O–H groups in total. The molecule has 1 aromatic carbocycles. The zero-order valence-corrected chi connectivity index (χ0v) is 17.4. The molecule has 2 aliphatic heterocycles. The largest absolute Gasteiger partial charge is 0.459 e. The van der Waals surface area contributed by atoms with Gasteiger partial charge in [-0.15, -0.1) is 0 Å². The molecule has 2 aliphatic rings. The van der Waals surface area contributed by atoms with Gasteiger partial charge < -0.3 is 24.7 Å². The fourth-order valence-electron chi connectivity index (χ4n) is 4.64. The lowest BCUT2D eigenvalue weighted by Gasteiger charge is -2.44. The van der Waals surface area contributed by atoms with Crippen molar-refractivity contribution in [2.45, 2.75) is 25.4 Å². The Morgan fingerprint density at radius 2 is 2.06 bits per heavy atom. The Balaban J connectivity index is 1.29. The number of piperidine rings is 1. The smallest absolute Gasteiger partial charge is 0.229 e. The van der Waals surface area contributed by atoms with Crippen LogP contribution in [0.3, 0.4) is 0 Å². The number of ether oxygens (including phenoxy) is 1. The standard InChI is InChI=1S/C22H25N7O2/c1-14-16-3-2-15(12-18(16)28-27-14)24-21-25-17-4-10-30-19(17)20(26-21)29-8-5-22(6-9-29)13-23-7-11-31-22/h2-4,10,12,23H,5-9,11,13H2,1H3,(H,27,28)(H,24,25,26). The van der Waals surface area contributed by atoms with Gasteiger partial charge in [0, 0.05) is 43.3 Å². The maximum Gasteiger partial charge on any atom is 0.229 e. The molecule has 0 radical (unpaired) electrons. The molecular weight excluding hydrogens is 394 g/mol. The van der Waals surface area contributed by atoms with Crippen LogP contribution in [0.4, 0.5) is 17.5 Å². The van der Waals surface area contributed by atoms with Crippen LogP contribution < -0.4 is 15.5 Å². The van der Waals surface area contributed by atoms with Crippen LogP contribution in [-0.2, 0) is 4.74 Å². The molecule has 0 atom stereocenters. The van der Waals surface area contributed by atoms with Gasteiger partial charge in [0.25, 0.3) is 0 Å². The maximum atomic E-state index is 6.14. The Labute approximate surface area is 179 Å². The van der Waals surface area contributed by atoms with E-state index in [-0.39, 0.29) is 5.60 Å². The van der Waals surface area contributed by atoms with Gasteiger partial charge in [-0.3, -0.25) is 5.10 Å². The van der Waals surface area contributed by atoms with Crippen LogP contribution >= 0.6 is 0 Å². The van der Waals surface area contributed by atoms with E-state index in [1.807, 2.05) is 25.1 Å². The molecule has 31 heavy (non-hydrogen) atoms. The normalized spacial score (nSPS) is 18.8. The van der Waals surface area contributed by atoms with Crippen LogP contribution in [0.15, 0.2) is 34.9 Å². The van der Waals surface area contributed by atoms with E-state index >= 15 is 0 Å². The van der Waals surface area contributed by atoms with Crippen molar-refractivity contribution in [3.05, 3.63) is 36.2 Å². The average Bonchev–Trinajstić information content (AvgIpc) is 3.41. The van der Waals surface area contributed by atoms with Crippen molar-refractivity contribution in [3.8, 4) is 0 Å². The van der Waals surface area contributed by atoms with E-state index in [4.69, 9.17) is 14.1 Å². The van der Waals surface area contributed by atoms with Crippen molar-refractivity contribution in [1.82, 2.24) is 25.5 Å². The summed E-state index contributed by atoms with van der Waals surface area (Å²) in [5.74, 6) is 1.38. The first-order chi connectivity index (χ1) is 15.2. The summed E-state index contributed by atoms with van der Waals surface area (Å²) < 4.78 is 11.9. The van der Waals surface area contributed by atoms with E-state index in [1.54, 1.807) is 6.26 Å². The molecule has 0 aliphatic carbocycles. The number of aromatic amines is 1. The first kappa shape index (κ1) is 18.6. The summed E-state index contributed by atoms with van der Waals surface area (Å²) in [6.07, 6.45) is 3.60. The van der Waals surface area contributed by atoms with Gasteiger partial charge in [0.05, 0.1) is 29.7 Å². The molecule has 0 saturated carbocycles. The highest BCUT2D eigenvalue weighted by Gasteiger charge is 2.38. The fraction of sp³-hybridized carbons (Fsp3) is 0.409. The quantitative estimate of drug-likeness (QED) is 0.465. The minimum atomic E-state index is -0.0528. The number of rotatable bonds is 3. The second-order valence-corrected chi connectivity index (χ2v) is 8.40. The molecule has 5 heterocycles. The van der Waals surface area contributed by atoms with E-state index in [1.165, 1.54) is 0 Å². The van der Waals surface area contributed by atoms with Crippen molar-refractivity contribution in [1.29, 1.82) is 0 Å². The third-order valence-corrected chi connectivity index (χ3v) is 6.40. The van der Waals surface area contributed by atoms with Gasteiger partial charge in [0.2, 0.25) is 5.95 Å². The highest BCUT2D eigenvalue weighted by Crippen LogP contribution is 2.34. The van der Waals surface area contributed by atoms with Crippen molar-refractivity contribution in [3.63, 3.8) is 0 Å². The summed E-state index contributed by atoms with van der Waals surface area (Å²) in [4.78, 5) is 11.8. The van der Waals surface area contributed by atoms with Gasteiger partial charge >= 0.3 is 0 Å². The number of fused-ring (bicyclic) bond motifs is 2. The van der Waals surface area contributed by atoms with E-state index in [0.29, 0.717) is 5.95 Å². The third kappa shape index (κ3) is 3.30. The van der Waals surface area contributed by atoms with Crippen molar-refractivity contribution in [2.24, 2.45) is 0 Å². The SMILES string of the molecule is Cc1n[nH]c2cc(Nc3nc(N4CCC5(CC4)CNCCO5)c4occc4n3)ccc12. The number of aromatic nitrogens is 4. The van der Waals surface area contributed by atoms with Gasteiger partial charge in [-0.05, 0) is 38.0 Å². The molecular formula is C22H25N7O2. The Morgan fingerprint density at radius 3 is 2.90 bits per heavy atom. The van der Waals surface area contributed by atoms with Crippen molar-refractivity contribution < 1.29 is 9.15 Å². The van der Waals surface area contributed by atoms with Crippen LogP contribution in [0.25, 0.3) is 22.0 Å². The minimum absolute atomic E-state index is 0.0528. The van der Waals surface area contributed by atoms with E-state index in [2.05, 4.69) is 36.8 Å². The molecule has 9 nitrogen and oxygen atoms in total. The van der Waals surface area contributed by atoms with Gasteiger partial charge in [-0.2, -0.15) is 10.1 Å². The summed E-state index contributed by atoms with van der Waals surface area (Å²) in [6, 6.07) is 7.98. The molecule has 0 unspecified atom stereocenters. The molecule has 1 spiro atoms. The molecule has 3 aromatic heterocycles. The first-order valence-electron chi connectivity index (χ1n) is 10.8. The highest BCUT2D eigenvalue weighted by atomic mass is 16.5. The second-order valence-electron chi connectivity index (χ2n) is 8.40.